The number of nitrogens with zero attached hydrogens (tertiary/aromatic N) is 6. The second kappa shape index (κ2) is 6.51. The van der Waals surface area contributed by atoms with Crippen molar-refractivity contribution in [1.29, 1.82) is 0 Å². The zero-order valence-electron chi connectivity index (χ0n) is 14.1. The van der Waals surface area contributed by atoms with Gasteiger partial charge in [-0.15, -0.1) is 10.2 Å². The minimum absolute atomic E-state index is 0.0813. The SMILES string of the molecule is Cc1nccn1[C@@H]1CCCN(C(=O)c2ccc(-n3cnnc3)cc2)C1. The van der Waals surface area contributed by atoms with Crippen LogP contribution in [0.3, 0.4) is 0 Å². The average molecular weight is 336 g/mol. The zero-order chi connectivity index (χ0) is 17.2. The van der Waals surface area contributed by atoms with E-state index in [1.54, 1.807) is 12.7 Å². The van der Waals surface area contributed by atoms with Crippen LogP contribution in [0.2, 0.25) is 0 Å². The van der Waals surface area contributed by atoms with Crippen LogP contribution in [-0.4, -0.2) is 48.2 Å². The van der Waals surface area contributed by atoms with Crippen molar-refractivity contribution < 1.29 is 4.79 Å². The van der Waals surface area contributed by atoms with Gasteiger partial charge in [-0.3, -0.25) is 9.36 Å². The normalized spacial score (nSPS) is 17.6. The summed E-state index contributed by atoms with van der Waals surface area (Å²) in [6.45, 7) is 3.53. The molecule has 0 unspecified atom stereocenters. The van der Waals surface area contributed by atoms with Crippen molar-refractivity contribution in [2.45, 2.75) is 25.8 Å². The number of likely N-dealkylation sites (tertiary alicyclic amines) is 1. The average Bonchev–Trinajstić information content (AvgIpc) is 3.33. The minimum Gasteiger partial charge on any atom is -0.337 e. The monoisotopic (exact) mass is 336 g/mol. The molecule has 1 aliphatic rings. The number of rotatable bonds is 3. The molecule has 1 fully saturated rings. The minimum atomic E-state index is 0.0813. The van der Waals surface area contributed by atoms with Crippen molar-refractivity contribution in [3.63, 3.8) is 0 Å². The van der Waals surface area contributed by atoms with E-state index in [0.717, 1.165) is 37.4 Å². The van der Waals surface area contributed by atoms with E-state index >= 15 is 0 Å². The highest BCUT2D eigenvalue weighted by Crippen LogP contribution is 2.24. The second-order valence-electron chi connectivity index (χ2n) is 6.34. The van der Waals surface area contributed by atoms with Gasteiger partial charge in [0.2, 0.25) is 0 Å². The number of carbonyl (C=O) groups excluding carboxylic acids is 1. The first-order valence-corrected chi connectivity index (χ1v) is 8.46. The Morgan fingerprint density at radius 3 is 2.60 bits per heavy atom. The summed E-state index contributed by atoms with van der Waals surface area (Å²) in [6, 6.07) is 7.86. The number of aryl methyl sites for hydroxylation is 1. The van der Waals surface area contributed by atoms with Crippen LogP contribution in [0.5, 0.6) is 0 Å². The number of benzene rings is 1. The first-order valence-electron chi connectivity index (χ1n) is 8.46. The Labute approximate surface area is 145 Å². The third kappa shape index (κ3) is 3.05. The highest BCUT2D eigenvalue weighted by Gasteiger charge is 2.26. The lowest BCUT2D eigenvalue weighted by Gasteiger charge is -2.34. The summed E-state index contributed by atoms with van der Waals surface area (Å²) in [5, 5.41) is 7.60. The molecule has 1 aromatic carbocycles. The molecule has 0 bridgehead atoms. The highest BCUT2D eigenvalue weighted by molar-refractivity contribution is 5.94. The van der Waals surface area contributed by atoms with Gasteiger partial charge in [0.15, 0.2) is 0 Å². The molecule has 0 aliphatic carbocycles. The number of hydrogen-bond acceptors (Lipinski definition) is 4. The smallest absolute Gasteiger partial charge is 0.253 e. The molecule has 3 heterocycles. The number of piperidine rings is 1. The van der Waals surface area contributed by atoms with Gasteiger partial charge in [0.25, 0.3) is 5.91 Å². The Hall–Kier alpha value is -2.96. The zero-order valence-corrected chi connectivity index (χ0v) is 14.1. The number of imidazole rings is 1. The standard InChI is InChI=1S/C18H20N6O/c1-14-19-8-10-24(14)17-3-2-9-22(11-17)18(25)15-4-6-16(7-5-15)23-12-20-21-13-23/h4-8,10,12-13,17H,2-3,9,11H2,1H3/t17-/m1/s1. The summed E-state index contributed by atoms with van der Waals surface area (Å²) in [6.07, 6.45) is 9.18. The first-order chi connectivity index (χ1) is 12.2. The molecule has 7 nitrogen and oxygen atoms in total. The van der Waals surface area contributed by atoms with Gasteiger partial charge in [-0.05, 0) is 44.0 Å². The molecule has 0 spiro atoms. The molecule has 0 N–H and O–H groups in total. The van der Waals surface area contributed by atoms with E-state index in [-0.39, 0.29) is 5.91 Å². The van der Waals surface area contributed by atoms with Crippen LogP contribution in [0.25, 0.3) is 5.69 Å². The van der Waals surface area contributed by atoms with E-state index < -0.39 is 0 Å². The van der Waals surface area contributed by atoms with Crippen LogP contribution < -0.4 is 0 Å². The summed E-state index contributed by atoms with van der Waals surface area (Å²) in [5.41, 5.74) is 1.65. The van der Waals surface area contributed by atoms with Crippen LogP contribution in [-0.2, 0) is 0 Å². The van der Waals surface area contributed by atoms with Crippen molar-refractivity contribution >= 4 is 5.91 Å². The molecule has 1 atom stereocenters. The number of aromatic nitrogens is 5. The lowest BCUT2D eigenvalue weighted by molar-refractivity contribution is 0.0678. The summed E-state index contributed by atoms with van der Waals surface area (Å²) >= 11 is 0. The van der Waals surface area contributed by atoms with Gasteiger partial charge in [0, 0.05) is 36.7 Å². The molecular weight excluding hydrogens is 316 g/mol. The van der Waals surface area contributed by atoms with Crippen molar-refractivity contribution in [1.82, 2.24) is 29.2 Å². The fourth-order valence-electron chi connectivity index (χ4n) is 3.43. The lowest BCUT2D eigenvalue weighted by Crippen LogP contribution is -2.40. The molecular formula is C18H20N6O. The quantitative estimate of drug-likeness (QED) is 0.736. The first kappa shape index (κ1) is 15.6. The predicted molar refractivity (Wildman–Crippen MR) is 92.5 cm³/mol. The molecule has 4 rings (SSSR count). The fraction of sp³-hybridized carbons (Fsp3) is 0.333. The Kier molecular flexibility index (Phi) is 4.05. The highest BCUT2D eigenvalue weighted by atomic mass is 16.2. The van der Waals surface area contributed by atoms with Gasteiger partial charge in [0.05, 0.1) is 6.04 Å². The van der Waals surface area contributed by atoms with Crippen molar-refractivity contribution in [2.75, 3.05) is 13.1 Å². The van der Waals surface area contributed by atoms with E-state index in [1.165, 1.54) is 0 Å². The van der Waals surface area contributed by atoms with Crippen LogP contribution in [0, 0.1) is 6.92 Å². The molecule has 7 heteroatoms. The van der Waals surface area contributed by atoms with Crippen LogP contribution in [0.1, 0.15) is 35.1 Å². The van der Waals surface area contributed by atoms with Gasteiger partial charge in [-0.1, -0.05) is 0 Å². The molecule has 1 amide bonds. The van der Waals surface area contributed by atoms with Gasteiger partial charge in [-0.25, -0.2) is 4.98 Å². The Morgan fingerprint density at radius 2 is 1.92 bits per heavy atom. The van der Waals surface area contributed by atoms with Gasteiger partial charge < -0.3 is 9.47 Å². The third-order valence-electron chi connectivity index (χ3n) is 4.77. The molecule has 0 saturated carbocycles. The van der Waals surface area contributed by atoms with Crippen LogP contribution >= 0.6 is 0 Å². The Bertz CT molecular complexity index is 852. The van der Waals surface area contributed by atoms with Gasteiger partial charge in [0.1, 0.15) is 18.5 Å². The molecule has 1 aliphatic heterocycles. The maximum atomic E-state index is 12.9. The molecule has 25 heavy (non-hydrogen) atoms. The lowest BCUT2D eigenvalue weighted by atomic mass is 10.0. The van der Waals surface area contributed by atoms with E-state index in [4.69, 9.17) is 0 Å². The molecule has 0 radical (unpaired) electrons. The number of amides is 1. The number of hydrogen-bond donors (Lipinski definition) is 0. The molecule has 2 aromatic heterocycles. The maximum Gasteiger partial charge on any atom is 0.253 e. The van der Waals surface area contributed by atoms with Crippen LogP contribution in [0.4, 0.5) is 0 Å². The maximum absolute atomic E-state index is 12.9. The summed E-state index contributed by atoms with van der Waals surface area (Å²) in [4.78, 5) is 19.1. The Morgan fingerprint density at radius 1 is 1.16 bits per heavy atom. The molecule has 1 saturated heterocycles. The summed E-state index contributed by atoms with van der Waals surface area (Å²) < 4.78 is 3.99. The summed E-state index contributed by atoms with van der Waals surface area (Å²) in [7, 11) is 0. The Balaban J connectivity index is 1.49. The van der Waals surface area contributed by atoms with E-state index in [0.29, 0.717) is 11.6 Å². The molecule has 3 aromatic rings. The number of carbonyl (C=O) groups is 1. The van der Waals surface area contributed by atoms with Crippen molar-refractivity contribution in [3.05, 3.63) is 60.7 Å². The van der Waals surface area contributed by atoms with E-state index in [2.05, 4.69) is 19.7 Å². The van der Waals surface area contributed by atoms with Gasteiger partial charge >= 0.3 is 0 Å². The summed E-state index contributed by atoms with van der Waals surface area (Å²) in [5.74, 6) is 1.08. The topological polar surface area (TPSA) is 68.8 Å². The second-order valence-corrected chi connectivity index (χ2v) is 6.34. The fourth-order valence-corrected chi connectivity index (χ4v) is 3.43. The van der Waals surface area contributed by atoms with Gasteiger partial charge in [-0.2, -0.15) is 0 Å². The van der Waals surface area contributed by atoms with E-state index in [9.17, 15) is 4.79 Å². The van der Waals surface area contributed by atoms with Crippen molar-refractivity contribution in [3.8, 4) is 5.69 Å². The third-order valence-corrected chi connectivity index (χ3v) is 4.77. The van der Waals surface area contributed by atoms with E-state index in [1.807, 2.05) is 53.0 Å². The predicted octanol–water partition coefficient (Wildman–Crippen LogP) is 2.25. The molecule has 128 valence electrons. The largest absolute Gasteiger partial charge is 0.337 e. The van der Waals surface area contributed by atoms with Crippen molar-refractivity contribution in [2.24, 2.45) is 0 Å². The van der Waals surface area contributed by atoms with Crippen LogP contribution in [0.15, 0.2) is 49.3 Å².